The van der Waals surface area contributed by atoms with Crippen molar-refractivity contribution in [1.29, 1.82) is 0 Å². The molecule has 0 aliphatic carbocycles. The number of nitrogens with one attached hydrogen (secondary N) is 1. The van der Waals surface area contributed by atoms with Crippen LogP contribution in [0.25, 0.3) is 0 Å². The van der Waals surface area contributed by atoms with Gasteiger partial charge in [0.05, 0.1) is 0 Å². The van der Waals surface area contributed by atoms with Crippen molar-refractivity contribution in [1.82, 2.24) is 4.98 Å². The summed E-state index contributed by atoms with van der Waals surface area (Å²) in [5.74, 6) is -0.767. The lowest BCUT2D eigenvalue weighted by atomic mass is 10.2. The Balaban J connectivity index is 2.88. The molecule has 1 amide bonds. The van der Waals surface area contributed by atoms with E-state index < -0.39 is 11.9 Å². The first-order valence-corrected chi connectivity index (χ1v) is 4.66. The molecule has 1 rings (SSSR count). The quantitative estimate of drug-likeness (QED) is 0.851. The third kappa shape index (κ3) is 3.22. The molecule has 0 unspecified atom stereocenters. The third-order valence-corrected chi connectivity index (χ3v) is 1.82. The number of pyridine rings is 1. The highest BCUT2D eigenvalue weighted by Gasteiger charge is 2.32. The number of anilines is 1. The van der Waals surface area contributed by atoms with E-state index in [4.69, 9.17) is 0 Å². The van der Waals surface area contributed by atoms with Gasteiger partial charge in [-0.1, -0.05) is 19.9 Å². The summed E-state index contributed by atoms with van der Waals surface area (Å²) in [5.41, 5.74) is -1.02. The predicted molar refractivity (Wildman–Crippen MR) is 52.7 cm³/mol. The number of rotatable bonds is 2. The summed E-state index contributed by atoms with van der Waals surface area (Å²) in [6.07, 6.45) is -4.50. The first-order valence-electron chi connectivity index (χ1n) is 4.66. The number of hydrogen-bond acceptors (Lipinski definition) is 2. The van der Waals surface area contributed by atoms with Crippen LogP contribution in [0.1, 0.15) is 19.5 Å². The molecule has 0 atom stereocenters. The van der Waals surface area contributed by atoms with Crippen molar-refractivity contribution in [2.75, 3.05) is 5.32 Å². The molecule has 3 nitrogen and oxygen atoms in total. The van der Waals surface area contributed by atoms with E-state index in [0.29, 0.717) is 0 Å². The first kappa shape index (κ1) is 12.5. The van der Waals surface area contributed by atoms with Crippen LogP contribution in [-0.2, 0) is 11.0 Å². The fourth-order valence-corrected chi connectivity index (χ4v) is 0.933. The molecular weight excluding hydrogens is 221 g/mol. The van der Waals surface area contributed by atoms with Crippen molar-refractivity contribution in [2.45, 2.75) is 20.0 Å². The summed E-state index contributed by atoms with van der Waals surface area (Å²) in [6, 6.07) is 3.37. The Morgan fingerprint density at radius 3 is 2.50 bits per heavy atom. The number of halogens is 3. The molecule has 0 saturated heterocycles. The molecule has 88 valence electrons. The molecule has 6 heteroatoms. The minimum Gasteiger partial charge on any atom is -0.310 e. The Hall–Kier alpha value is -1.59. The molecule has 16 heavy (non-hydrogen) atoms. The maximum Gasteiger partial charge on any atom is 0.433 e. The zero-order valence-corrected chi connectivity index (χ0v) is 8.80. The highest BCUT2D eigenvalue weighted by Crippen LogP contribution is 2.28. The summed E-state index contributed by atoms with van der Waals surface area (Å²) < 4.78 is 36.9. The van der Waals surface area contributed by atoms with Gasteiger partial charge in [0.15, 0.2) is 0 Å². The molecule has 0 radical (unpaired) electrons. The number of nitrogens with zero attached hydrogens (tertiary/aromatic N) is 1. The largest absolute Gasteiger partial charge is 0.433 e. The lowest BCUT2D eigenvalue weighted by Crippen LogP contribution is -2.19. The number of alkyl halides is 3. The Bertz CT molecular complexity index is 388. The minimum atomic E-state index is -4.50. The topological polar surface area (TPSA) is 42.0 Å². The normalized spacial score (nSPS) is 11.6. The average Bonchev–Trinajstić information content (AvgIpc) is 2.16. The number of amides is 1. The predicted octanol–water partition coefficient (Wildman–Crippen LogP) is 2.69. The van der Waals surface area contributed by atoms with Gasteiger partial charge >= 0.3 is 6.18 Å². The van der Waals surface area contributed by atoms with Gasteiger partial charge in [-0.2, -0.15) is 13.2 Å². The lowest BCUT2D eigenvalue weighted by molar-refractivity contribution is -0.141. The fourth-order valence-electron chi connectivity index (χ4n) is 0.933. The van der Waals surface area contributed by atoms with E-state index in [9.17, 15) is 18.0 Å². The monoisotopic (exact) mass is 232 g/mol. The summed E-state index contributed by atoms with van der Waals surface area (Å²) >= 11 is 0. The first-order chi connectivity index (χ1) is 7.30. The minimum absolute atomic E-state index is 0.0893. The summed E-state index contributed by atoms with van der Waals surface area (Å²) in [7, 11) is 0. The number of aromatic nitrogens is 1. The van der Waals surface area contributed by atoms with E-state index in [1.54, 1.807) is 13.8 Å². The van der Waals surface area contributed by atoms with Crippen LogP contribution in [0.4, 0.5) is 19.0 Å². The molecule has 0 aliphatic heterocycles. The standard InChI is InChI=1S/C10H11F3N2O/c1-6(2)9(16)15-8-5-3-4-7(14-8)10(11,12)13/h3-6H,1-2H3,(H,14,15,16). The van der Waals surface area contributed by atoms with E-state index >= 15 is 0 Å². The Labute approximate surface area is 90.7 Å². The molecule has 0 aromatic carbocycles. The molecule has 0 saturated carbocycles. The molecule has 0 spiro atoms. The van der Waals surface area contributed by atoms with Crippen molar-refractivity contribution in [3.05, 3.63) is 23.9 Å². The molecule has 0 bridgehead atoms. The molecule has 1 aromatic rings. The Morgan fingerprint density at radius 1 is 1.38 bits per heavy atom. The zero-order valence-electron chi connectivity index (χ0n) is 8.80. The molecule has 1 aromatic heterocycles. The second-order valence-electron chi connectivity index (χ2n) is 3.55. The van der Waals surface area contributed by atoms with Crippen molar-refractivity contribution in [3.63, 3.8) is 0 Å². The van der Waals surface area contributed by atoms with Crippen LogP contribution in [0.15, 0.2) is 18.2 Å². The van der Waals surface area contributed by atoms with Crippen LogP contribution in [0.3, 0.4) is 0 Å². The van der Waals surface area contributed by atoms with Crippen molar-refractivity contribution < 1.29 is 18.0 Å². The van der Waals surface area contributed by atoms with Gasteiger partial charge in [-0.05, 0) is 12.1 Å². The van der Waals surface area contributed by atoms with E-state index in [1.165, 1.54) is 12.1 Å². The van der Waals surface area contributed by atoms with Crippen LogP contribution in [-0.4, -0.2) is 10.9 Å². The molecule has 0 aliphatic rings. The summed E-state index contributed by atoms with van der Waals surface area (Å²) in [4.78, 5) is 14.6. The third-order valence-electron chi connectivity index (χ3n) is 1.82. The second-order valence-corrected chi connectivity index (χ2v) is 3.55. The molecule has 1 heterocycles. The van der Waals surface area contributed by atoms with E-state index in [0.717, 1.165) is 6.07 Å². The Morgan fingerprint density at radius 2 is 2.00 bits per heavy atom. The molecule has 0 fully saturated rings. The van der Waals surface area contributed by atoms with Crippen molar-refractivity contribution in [2.24, 2.45) is 5.92 Å². The van der Waals surface area contributed by atoms with Gasteiger partial charge in [0, 0.05) is 5.92 Å². The van der Waals surface area contributed by atoms with Gasteiger partial charge in [0.25, 0.3) is 0 Å². The van der Waals surface area contributed by atoms with Crippen LogP contribution in [0, 0.1) is 5.92 Å². The van der Waals surface area contributed by atoms with Gasteiger partial charge in [0.1, 0.15) is 11.5 Å². The maximum atomic E-state index is 12.3. The van der Waals surface area contributed by atoms with E-state index in [-0.39, 0.29) is 17.6 Å². The highest BCUT2D eigenvalue weighted by atomic mass is 19.4. The van der Waals surface area contributed by atoms with Crippen LogP contribution in [0.2, 0.25) is 0 Å². The van der Waals surface area contributed by atoms with E-state index in [2.05, 4.69) is 10.3 Å². The van der Waals surface area contributed by atoms with Crippen LogP contribution in [0.5, 0.6) is 0 Å². The average molecular weight is 232 g/mol. The van der Waals surface area contributed by atoms with Gasteiger partial charge in [0.2, 0.25) is 5.91 Å². The second kappa shape index (κ2) is 4.51. The smallest absolute Gasteiger partial charge is 0.310 e. The van der Waals surface area contributed by atoms with E-state index in [1.807, 2.05) is 0 Å². The highest BCUT2D eigenvalue weighted by molar-refractivity contribution is 5.91. The molecular formula is C10H11F3N2O. The van der Waals surface area contributed by atoms with Crippen molar-refractivity contribution >= 4 is 11.7 Å². The van der Waals surface area contributed by atoms with Gasteiger partial charge in [-0.25, -0.2) is 4.98 Å². The maximum absolute atomic E-state index is 12.3. The van der Waals surface area contributed by atoms with Crippen LogP contribution < -0.4 is 5.32 Å². The fraction of sp³-hybridized carbons (Fsp3) is 0.400. The Kier molecular flexibility index (Phi) is 3.51. The van der Waals surface area contributed by atoms with Crippen LogP contribution >= 0.6 is 0 Å². The van der Waals surface area contributed by atoms with Gasteiger partial charge in [-0.3, -0.25) is 4.79 Å². The number of hydrogen-bond donors (Lipinski definition) is 1. The van der Waals surface area contributed by atoms with Gasteiger partial charge in [-0.15, -0.1) is 0 Å². The van der Waals surface area contributed by atoms with Crippen molar-refractivity contribution in [3.8, 4) is 0 Å². The zero-order chi connectivity index (χ0) is 12.3. The molecule has 1 N–H and O–H groups in total. The van der Waals surface area contributed by atoms with Gasteiger partial charge < -0.3 is 5.32 Å². The number of carbonyl (C=O) groups excluding carboxylic acids is 1. The number of carbonyl (C=O) groups is 1. The summed E-state index contributed by atoms with van der Waals surface area (Å²) in [5, 5.41) is 2.30. The lowest BCUT2D eigenvalue weighted by Gasteiger charge is -2.09. The SMILES string of the molecule is CC(C)C(=O)Nc1cccc(C(F)(F)F)n1. The summed E-state index contributed by atoms with van der Waals surface area (Å²) in [6.45, 7) is 3.28.